The molecule has 0 unspecified atom stereocenters. The molecular formula is C39H40Cl2N10O3. The van der Waals surface area contributed by atoms with Gasteiger partial charge in [0, 0.05) is 119 Å². The lowest BCUT2D eigenvalue weighted by atomic mass is 9.72. The van der Waals surface area contributed by atoms with E-state index in [2.05, 4.69) is 9.80 Å². The first kappa shape index (κ1) is 35.0. The Morgan fingerprint density at radius 1 is 0.704 bits per heavy atom. The van der Waals surface area contributed by atoms with E-state index in [1.54, 1.807) is 38.0 Å². The van der Waals surface area contributed by atoms with Gasteiger partial charge in [0.25, 0.3) is 0 Å². The lowest BCUT2D eigenvalue weighted by molar-refractivity contribution is -0.158. The number of likely N-dealkylation sites (tertiary alicyclic amines) is 4. The second kappa shape index (κ2) is 13.0. The number of nitrogens with zero attached hydrogens (tertiary/aromatic N) is 10. The van der Waals surface area contributed by atoms with Gasteiger partial charge in [-0.3, -0.25) is 24.4 Å². The minimum absolute atomic E-state index is 0.136. The van der Waals surface area contributed by atoms with Gasteiger partial charge < -0.3 is 14.5 Å². The summed E-state index contributed by atoms with van der Waals surface area (Å²) in [6.45, 7) is 11.6. The number of halogens is 2. The van der Waals surface area contributed by atoms with E-state index in [0.717, 1.165) is 86.0 Å². The van der Waals surface area contributed by atoms with Crippen LogP contribution in [0, 0.1) is 10.8 Å². The molecule has 4 fully saturated rings. The van der Waals surface area contributed by atoms with Crippen LogP contribution in [-0.2, 0) is 29.7 Å². The number of methoxy groups -OCH3 is 1. The van der Waals surface area contributed by atoms with E-state index < -0.39 is 0 Å². The second-order valence-corrected chi connectivity index (χ2v) is 16.3. The van der Waals surface area contributed by atoms with Gasteiger partial charge >= 0.3 is 0 Å². The van der Waals surface area contributed by atoms with Gasteiger partial charge in [0.1, 0.15) is 16.9 Å². The summed E-state index contributed by atoms with van der Waals surface area (Å²) in [6, 6.07) is 11.6. The highest BCUT2D eigenvalue weighted by Gasteiger charge is 2.53. The Balaban J connectivity index is 0.926. The number of benzene rings is 2. The van der Waals surface area contributed by atoms with Crippen molar-refractivity contribution < 1.29 is 14.3 Å². The third kappa shape index (κ3) is 5.88. The van der Waals surface area contributed by atoms with Gasteiger partial charge in [-0.1, -0.05) is 59.6 Å². The SMILES string of the molecule is COc1nc(-c2cccc(-c3cccc(-c4cnc5c(CN6CC7(C6)CN(C(C)=O)C7)nn(C)c5n4)c3Cl)c2Cl)cnc1CN1CC2(C1)CN(C(C)=O)C2. The number of aryl methyl sites for hydroxylation is 1. The van der Waals surface area contributed by atoms with Gasteiger partial charge in [-0.2, -0.15) is 5.10 Å². The minimum Gasteiger partial charge on any atom is -0.480 e. The first-order chi connectivity index (χ1) is 25.9. The highest BCUT2D eigenvalue weighted by Crippen LogP contribution is 2.44. The van der Waals surface area contributed by atoms with Crippen LogP contribution >= 0.6 is 23.2 Å². The number of ether oxygens (including phenoxy) is 1. The van der Waals surface area contributed by atoms with E-state index in [0.29, 0.717) is 51.6 Å². The van der Waals surface area contributed by atoms with E-state index in [1.807, 2.05) is 53.2 Å². The Morgan fingerprint density at radius 2 is 1.19 bits per heavy atom. The van der Waals surface area contributed by atoms with Crippen LogP contribution in [0.1, 0.15) is 25.2 Å². The molecule has 4 aliphatic heterocycles. The van der Waals surface area contributed by atoms with Crippen molar-refractivity contribution in [3.05, 3.63) is 70.2 Å². The lowest BCUT2D eigenvalue weighted by Gasteiger charge is -2.60. The average Bonchev–Trinajstić information content (AvgIpc) is 3.39. The number of carbonyl (C=O) groups is 2. The number of hydrogen-bond acceptors (Lipinski definition) is 10. The van der Waals surface area contributed by atoms with Crippen LogP contribution in [0.25, 0.3) is 44.8 Å². The molecule has 0 N–H and O–H groups in total. The summed E-state index contributed by atoms with van der Waals surface area (Å²) in [6.07, 6.45) is 3.49. The molecule has 0 atom stereocenters. The Kier molecular flexibility index (Phi) is 8.42. The maximum Gasteiger partial charge on any atom is 0.237 e. The molecule has 278 valence electrons. The number of carbonyl (C=O) groups excluding carboxylic acids is 2. The molecular weight excluding hydrogens is 727 g/mol. The third-order valence-corrected chi connectivity index (χ3v) is 12.2. The van der Waals surface area contributed by atoms with E-state index in [1.165, 1.54) is 0 Å². The molecule has 7 heterocycles. The van der Waals surface area contributed by atoms with Crippen molar-refractivity contribution in [1.82, 2.24) is 49.3 Å². The molecule has 4 aliphatic rings. The zero-order chi connectivity index (χ0) is 37.5. The quantitative estimate of drug-likeness (QED) is 0.218. The number of amides is 2. The summed E-state index contributed by atoms with van der Waals surface area (Å²) < 4.78 is 7.47. The van der Waals surface area contributed by atoms with E-state index >= 15 is 0 Å². The van der Waals surface area contributed by atoms with Crippen molar-refractivity contribution in [1.29, 1.82) is 0 Å². The first-order valence-electron chi connectivity index (χ1n) is 18.1. The van der Waals surface area contributed by atoms with Gasteiger partial charge in [0.15, 0.2) is 5.65 Å². The van der Waals surface area contributed by atoms with Crippen LogP contribution in [0.2, 0.25) is 10.0 Å². The number of hydrogen-bond donors (Lipinski definition) is 0. The van der Waals surface area contributed by atoms with Crippen molar-refractivity contribution in [2.24, 2.45) is 17.9 Å². The summed E-state index contributed by atoms with van der Waals surface area (Å²) in [5.41, 5.74) is 7.66. The maximum atomic E-state index is 11.7. The van der Waals surface area contributed by atoms with Crippen LogP contribution in [0.4, 0.5) is 0 Å². The topological polar surface area (TPSA) is 126 Å². The predicted molar refractivity (Wildman–Crippen MR) is 205 cm³/mol. The van der Waals surface area contributed by atoms with E-state index in [4.69, 9.17) is 53.0 Å². The molecule has 2 spiro atoms. The van der Waals surface area contributed by atoms with Crippen LogP contribution < -0.4 is 4.74 Å². The molecule has 0 bridgehead atoms. The third-order valence-electron chi connectivity index (χ3n) is 11.4. The number of aromatic nitrogens is 6. The molecule has 2 amide bonds. The molecule has 15 heteroatoms. The fourth-order valence-corrected chi connectivity index (χ4v) is 9.47. The molecule has 54 heavy (non-hydrogen) atoms. The normalized spacial score (nSPS) is 18.7. The maximum absolute atomic E-state index is 11.7. The van der Waals surface area contributed by atoms with Crippen molar-refractivity contribution in [3.63, 3.8) is 0 Å². The largest absolute Gasteiger partial charge is 0.480 e. The average molecular weight is 768 g/mol. The summed E-state index contributed by atoms with van der Waals surface area (Å²) >= 11 is 14.3. The van der Waals surface area contributed by atoms with E-state index in [-0.39, 0.29) is 22.6 Å². The zero-order valence-electron chi connectivity index (χ0n) is 30.6. The fourth-order valence-electron chi connectivity index (χ4n) is 8.82. The van der Waals surface area contributed by atoms with Crippen molar-refractivity contribution in [2.45, 2.75) is 26.9 Å². The van der Waals surface area contributed by atoms with Crippen LogP contribution in [0.3, 0.4) is 0 Å². The molecule has 2 aromatic carbocycles. The van der Waals surface area contributed by atoms with Crippen LogP contribution in [0.15, 0.2) is 48.8 Å². The van der Waals surface area contributed by atoms with Crippen molar-refractivity contribution >= 4 is 46.2 Å². The van der Waals surface area contributed by atoms with E-state index in [9.17, 15) is 9.59 Å². The second-order valence-electron chi connectivity index (χ2n) is 15.6. The van der Waals surface area contributed by atoms with Crippen molar-refractivity contribution in [2.75, 3.05) is 59.5 Å². The summed E-state index contributed by atoms with van der Waals surface area (Å²) in [4.78, 5) is 51.1. The molecule has 13 nitrogen and oxygen atoms in total. The lowest BCUT2D eigenvalue weighted by Crippen LogP contribution is -2.72. The Morgan fingerprint density at radius 3 is 1.70 bits per heavy atom. The highest BCUT2D eigenvalue weighted by atomic mass is 35.5. The standard InChI is InChI=1S/C39H40Cl2N10O3/c1-23(52)50-19-38(20-50)15-48(16-38)13-31-35-36(47(3)46-31)44-29(12-43-35)27-9-5-7-25(33(27)40)26-8-6-10-28(34(26)41)30-11-42-32(37(45-30)54-4)14-49-17-39(18-49)21-51(22-39)24(2)53/h5-12H,13-22H2,1-4H3. The smallest absolute Gasteiger partial charge is 0.237 e. The van der Waals surface area contributed by atoms with Gasteiger partial charge in [-0.15, -0.1) is 0 Å². The molecule has 0 saturated carbocycles. The minimum atomic E-state index is 0.136. The summed E-state index contributed by atoms with van der Waals surface area (Å²) in [7, 11) is 3.48. The Bertz CT molecular complexity index is 2340. The monoisotopic (exact) mass is 766 g/mol. The summed E-state index contributed by atoms with van der Waals surface area (Å²) in [5, 5.41) is 5.77. The zero-order valence-corrected chi connectivity index (χ0v) is 32.2. The first-order valence-corrected chi connectivity index (χ1v) is 18.8. The van der Waals surface area contributed by atoms with Crippen LogP contribution in [-0.4, -0.2) is 121 Å². The molecule has 9 rings (SSSR count). The fraction of sp³-hybridized carbons (Fsp3) is 0.410. The number of fused-ring (bicyclic) bond motifs is 1. The van der Waals surface area contributed by atoms with Crippen molar-refractivity contribution in [3.8, 4) is 39.5 Å². The van der Waals surface area contributed by atoms with Gasteiger partial charge in [0.05, 0.1) is 40.9 Å². The molecule has 0 aliphatic carbocycles. The van der Waals surface area contributed by atoms with Gasteiger partial charge in [-0.25, -0.2) is 19.6 Å². The number of rotatable bonds is 8. The van der Waals surface area contributed by atoms with Gasteiger partial charge in [-0.05, 0) is 0 Å². The Labute approximate surface area is 322 Å². The Hall–Kier alpha value is -4.69. The predicted octanol–water partition coefficient (Wildman–Crippen LogP) is 4.80. The van der Waals surface area contributed by atoms with Crippen LogP contribution in [0.5, 0.6) is 5.88 Å². The highest BCUT2D eigenvalue weighted by molar-refractivity contribution is 6.39. The van der Waals surface area contributed by atoms with Gasteiger partial charge in [0.2, 0.25) is 17.7 Å². The molecule has 0 radical (unpaired) electrons. The molecule has 4 saturated heterocycles. The molecule has 5 aromatic rings. The summed E-state index contributed by atoms with van der Waals surface area (Å²) in [5.74, 6) is 0.734. The molecule has 3 aromatic heterocycles.